The highest BCUT2D eigenvalue weighted by atomic mass is 35.5. The third-order valence-corrected chi connectivity index (χ3v) is 5.26. The Bertz CT molecular complexity index is 916. The molecule has 0 radical (unpaired) electrons. The van der Waals surface area contributed by atoms with Crippen LogP contribution < -0.4 is 5.32 Å². The number of anilines is 1. The minimum absolute atomic E-state index is 0.0202. The molecule has 0 fully saturated rings. The van der Waals surface area contributed by atoms with Crippen LogP contribution in [-0.2, 0) is 0 Å². The van der Waals surface area contributed by atoms with Crippen LogP contribution in [0.1, 0.15) is 29.5 Å². The molecule has 0 amide bonds. The number of rotatable bonds is 2. The van der Waals surface area contributed by atoms with E-state index in [1.165, 1.54) is 24.3 Å². The van der Waals surface area contributed by atoms with Crippen LogP contribution in [0.5, 0.6) is 0 Å². The highest BCUT2D eigenvalue weighted by Gasteiger charge is 2.40. The lowest BCUT2D eigenvalue weighted by molar-refractivity contribution is -0.384. The Morgan fingerprint density at radius 3 is 2.76 bits per heavy atom. The van der Waals surface area contributed by atoms with Gasteiger partial charge in [0.05, 0.1) is 16.7 Å². The van der Waals surface area contributed by atoms with Gasteiger partial charge in [-0.2, -0.15) is 0 Å². The van der Waals surface area contributed by atoms with Gasteiger partial charge >= 0.3 is 0 Å². The molecule has 2 aromatic rings. The molecule has 1 heterocycles. The van der Waals surface area contributed by atoms with Crippen molar-refractivity contribution >= 4 is 23.0 Å². The number of hydrogen-bond donors (Lipinski definition) is 1. The number of nitrogens with zero attached hydrogens (tertiary/aromatic N) is 1. The van der Waals surface area contributed by atoms with Crippen molar-refractivity contribution in [2.75, 3.05) is 5.32 Å². The number of fused-ring (bicyclic) bond motifs is 3. The Morgan fingerprint density at radius 1 is 1.20 bits per heavy atom. The second kappa shape index (κ2) is 5.81. The standard InChI is InChI=1S/C18H13ClF2N2O2/c19-15-5-4-10(23(24)25)8-14(15)17-12-3-1-2-11(12)13-6-9(20)7-16(21)18(13)22-17/h1-2,4-8,11-12,17,22H,3H2/t11-,12+,17+/m0/s1. The van der Waals surface area contributed by atoms with Crippen molar-refractivity contribution in [1.82, 2.24) is 0 Å². The summed E-state index contributed by atoms with van der Waals surface area (Å²) in [6.07, 6.45) is 4.59. The van der Waals surface area contributed by atoms with Gasteiger partial charge in [-0.1, -0.05) is 23.8 Å². The maximum absolute atomic E-state index is 14.3. The highest BCUT2D eigenvalue weighted by Crippen LogP contribution is 2.51. The average Bonchev–Trinajstić information content (AvgIpc) is 3.05. The molecule has 3 atom stereocenters. The summed E-state index contributed by atoms with van der Waals surface area (Å²) in [5, 5.41) is 14.6. The number of non-ortho nitro benzene ring substituents is 1. The predicted molar refractivity (Wildman–Crippen MR) is 90.8 cm³/mol. The van der Waals surface area contributed by atoms with Crippen LogP contribution in [0.25, 0.3) is 0 Å². The second-order valence-electron chi connectivity index (χ2n) is 6.29. The van der Waals surface area contributed by atoms with E-state index in [1.54, 1.807) is 0 Å². The first kappa shape index (κ1) is 16.0. The van der Waals surface area contributed by atoms with E-state index in [9.17, 15) is 18.9 Å². The van der Waals surface area contributed by atoms with E-state index in [0.717, 1.165) is 6.07 Å². The number of allylic oxidation sites excluding steroid dienone is 2. The molecule has 2 aromatic carbocycles. The molecule has 0 aromatic heterocycles. The van der Waals surface area contributed by atoms with Crippen LogP contribution in [-0.4, -0.2) is 4.92 Å². The molecule has 7 heteroatoms. The van der Waals surface area contributed by atoms with E-state index in [1.807, 2.05) is 12.2 Å². The van der Waals surface area contributed by atoms with Gasteiger partial charge in [0.25, 0.3) is 5.69 Å². The van der Waals surface area contributed by atoms with Crippen molar-refractivity contribution in [3.8, 4) is 0 Å². The summed E-state index contributed by atoms with van der Waals surface area (Å²) in [5.41, 5.74) is 1.26. The topological polar surface area (TPSA) is 55.2 Å². The smallest absolute Gasteiger partial charge is 0.269 e. The van der Waals surface area contributed by atoms with Crippen LogP contribution in [0.4, 0.5) is 20.2 Å². The monoisotopic (exact) mass is 362 g/mol. The lowest BCUT2D eigenvalue weighted by atomic mass is 9.77. The van der Waals surface area contributed by atoms with Crippen LogP contribution in [0.2, 0.25) is 5.02 Å². The molecule has 0 unspecified atom stereocenters. The van der Waals surface area contributed by atoms with Gasteiger partial charge in [-0.15, -0.1) is 0 Å². The number of nitro benzene ring substituents is 1. The zero-order chi connectivity index (χ0) is 17.7. The van der Waals surface area contributed by atoms with Gasteiger partial charge in [-0.3, -0.25) is 10.1 Å². The first-order chi connectivity index (χ1) is 12.0. The van der Waals surface area contributed by atoms with E-state index >= 15 is 0 Å². The lowest BCUT2D eigenvalue weighted by Crippen LogP contribution is -2.30. The Hall–Kier alpha value is -2.47. The number of benzene rings is 2. The zero-order valence-corrected chi connectivity index (χ0v) is 13.6. The van der Waals surface area contributed by atoms with Gasteiger partial charge in [0.2, 0.25) is 0 Å². The maximum atomic E-state index is 14.3. The van der Waals surface area contributed by atoms with Crippen molar-refractivity contribution in [3.05, 3.63) is 80.4 Å². The van der Waals surface area contributed by atoms with E-state index < -0.39 is 22.6 Å². The largest absolute Gasteiger partial charge is 0.375 e. The molecule has 128 valence electrons. The number of nitrogens with one attached hydrogen (secondary N) is 1. The van der Waals surface area contributed by atoms with Gasteiger partial charge in [-0.05, 0) is 30.0 Å². The summed E-state index contributed by atoms with van der Waals surface area (Å²) in [4.78, 5) is 10.6. The molecule has 25 heavy (non-hydrogen) atoms. The minimum atomic E-state index is -0.680. The van der Waals surface area contributed by atoms with Gasteiger partial charge in [0.1, 0.15) is 11.6 Å². The predicted octanol–water partition coefficient (Wildman–Crippen LogP) is 5.35. The second-order valence-corrected chi connectivity index (χ2v) is 6.70. The summed E-state index contributed by atoms with van der Waals surface area (Å²) in [7, 11) is 0. The molecule has 0 spiro atoms. The van der Waals surface area contributed by atoms with E-state index in [-0.39, 0.29) is 23.2 Å². The Kier molecular flexibility index (Phi) is 3.72. The molecule has 1 N–H and O–H groups in total. The third kappa shape index (κ3) is 2.57. The zero-order valence-electron chi connectivity index (χ0n) is 12.9. The van der Waals surface area contributed by atoms with Crippen molar-refractivity contribution in [1.29, 1.82) is 0 Å². The van der Waals surface area contributed by atoms with Crippen LogP contribution in [0.15, 0.2) is 42.5 Å². The molecule has 0 bridgehead atoms. The molecule has 0 saturated carbocycles. The SMILES string of the molecule is O=[N+]([O-])c1ccc(Cl)c([C@@H]2Nc3c(F)cc(F)cc3[C@H]3C=CC[C@H]32)c1. The van der Waals surface area contributed by atoms with Gasteiger partial charge in [0.15, 0.2) is 0 Å². The lowest BCUT2D eigenvalue weighted by Gasteiger charge is -2.37. The van der Waals surface area contributed by atoms with Crippen molar-refractivity contribution in [3.63, 3.8) is 0 Å². The Morgan fingerprint density at radius 2 is 2.00 bits per heavy atom. The number of hydrogen-bond acceptors (Lipinski definition) is 3. The van der Waals surface area contributed by atoms with Crippen molar-refractivity contribution in [2.24, 2.45) is 5.92 Å². The number of nitro groups is 1. The summed E-state index contributed by atoms with van der Waals surface area (Å²) in [6, 6.07) is 6.00. The molecule has 0 saturated heterocycles. The summed E-state index contributed by atoms with van der Waals surface area (Å²) in [5.74, 6) is -1.49. The fraction of sp³-hybridized carbons (Fsp3) is 0.222. The average molecular weight is 363 g/mol. The third-order valence-electron chi connectivity index (χ3n) is 4.91. The first-order valence-electron chi connectivity index (χ1n) is 7.81. The van der Waals surface area contributed by atoms with Gasteiger partial charge < -0.3 is 5.32 Å². The fourth-order valence-electron chi connectivity index (χ4n) is 3.81. The normalized spacial score (nSPS) is 23.7. The molecular formula is C18H13ClF2N2O2. The van der Waals surface area contributed by atoms with Crippen LogP contribution in [0.3, 0.4) is 0 Å². The molecule has 4 nitrogen and oxygen atoms in total. The molecule has 1 aliphatic carbocycles. The summed E-state index contributed by atoms with van der Waals surface area (Å²) >= 11 is 6.28. The number of halogens is 3. The highest BCUT2D eigenvalue weighted by molar-refractivity contribution is 6.31. The maximum Gasteiger partial charge on any atom is 0.269 e. The Balaban J connectivity index is 1.85. The van der Waals surface area contributed by atoms with Crippen molar-refractivity contribution < 1.29 is 13.7 Å². The molecule has 1 aliphatic heterocycles. The first-order valence-corrected chi connectivity index (χ1v) is 8.19. The van der Waals surface area contributed by atoms with E-state index in [4.69, 9.17) is 11.6 Å². The summed E-state index contributed by atoms with van der Waals surface area (Å²) in [6.45, 7) is 0. The fourth-order valence-corrected chi connectivity index (χ4v) is 4.05. The van der Waals surface area contributed by atoms with E-state index in [2.05, 4.69) is 5.32 Å². The molecule has 4 rings (SSSR count). The molecule has 2 aliphatic rings. The van der Waals surface area contributed by atoms with Crippen LogP contribution in [0, 0.1) is 27.7 Å². The van der Waals surface area contributed by atoms with Crippen molar-refractivity contribution in [2.45, 2.75) is 18.4 Å². The quantitative estimate of drug-likeness (QED) is 0.445. The summed E-state index contributed by atoms with van der Waals surface area (Å²) < 4.78 is 28.0. The van der Waals surface area contributed by atoms with Gasteiger partial charge in [-0.25, -0.2) is 8.78 Å². The van der Waals surface area contributed by atoms with Crippen LogP contribution >= 0.6 is 11.6 Å². The minimum Gasteiger partial charge on any atom is -0.375 e. The molecular weight excluding hydrogens is 350 g/mol. The Labute approximate surface area is 147 Å². The van der Waals surface area contributed by atoms with Gasteiger partial charge in [0, 0.05) is 34.7 Å². The van der Waals surface area contributed by atoms with E-state index in [0.29, 0.717) is 22.6 Å².